The Balaban J connectivity index is 2.41. The Morgan fingerprint density at radius 2 is 2.07 bits per heavy atom. The van der Waals surface area contributed by atoms with Gasteiger partial charge >= 0.3 is 0 Å². The Hall–Kier alpha value is -1.09. The van der Waals surface area contributed by atoms with Crippen molar-refractivity contribution in [3.8, 4) is 11.3 Å². The summed E-state index contributed by atoms with van der Waals surface area (Å²) in [7, 11) is 0. The van der Waals surface area contributed by atoms with Gasteiger partial charge in [-0.2, -0.15) is 5.10 Å². The number of rotatable bonds is 2. The lowest BCUT2D eigenvalue weighted by molar-refractivity contribution is 0.534. The van der Waals surface area contributed by atoms with Crippen LogP contribution in [0.3, 0.4) is 0 Å². The van der Waals surface area contributed by atoms with Gasteiger partial charge in [0.05, 0.1) is 5.69 Å². The summed E-state index contributed by atoms with van der Waals surface area (Å²) in [4.78, 5) is 2.70. The Morgan fingerprint density at radius 3 is 2.53 bits per heavy atom. The molecule has 3 heteroatoms. The third-order valence-electron chi connectivity index (χ3n) is 2.45. The lowest BCUT2D eigenvalue weighted by Crippen LogP contribution is -2.00. The third kappa shape index (κ3) is 1.97. The molecule has 2 aromatic rings. The topological polar surface area (TPSA) is 17.8 Å². The van der Waals surface area contributed by atoms with Crippen molar-refractivity contribution in [1.29, 1.82) is 0 Å². The molecule has 0 aliphatic carbocycles. The van der Waals surface area contributed by atoms with Gasteiger partial charge in [-0.1, -0.05) is 0 Å². The molecule has 0 N–H and O–H groups in total. The van der Waals surface area contributed by atoms with Gasteiger partial charge in [0.1, 0.15) is 0 Å². The average molecular weight is 220 g/mol. The van der Waals surface area contributed by atoms with Crippen molar-refractivity contribution >= 4 is 11.3 Å². The van der Waals surface area contributed by atoms with E-state index in [4.69, 9.17) is 0 Å². The summed E-state index contributed by atoms with van der Waals surface area (Å²) in [5.41, 5.74) is 2.36. The van der Waals surface area contributed by atoms with E-state index in [0.29, 0.717) is 6.04 Å². The number of hydrogen-bond donors (Lipinski definition) is 0. The zero-order valence-corrected chi connectivity index (χ0v) is 10.4. The summed E-state index contributed by atoms with van der Waals surface area (Å²) >= 11 is 1.83. The van der Waals surface area contributed by atoms with Crippen LogP contribution >= 0.6 is 11.3 Å². The molecule has 0 saturated carbocycles. The highest BCUT2D eigenvalue weighted by Crippen LogP contribution is 2.29. The van der Waals surface area contributed by atoms with Crippen molar-refractivity contribution in [1.82, 2.24) is 9.78 Å². The molecule has 0 aliphatic rings. The van der Waals surface area contributed by atoms with Crippen LogP contribution in [0, 0.1) is 13.8 Å². The minimum Gasteiger partial charge on any atom is -0.270 e. The number of aromatic nitrogens is 2. The second-order valence-electron chi connectivity index (χ2n) is 4.10. The van der Waals surface area contributed by atoms with Crippen LogP contribution in [0.1, 0.15) is 29.6 Å². The van der Waals surface area contributed by atoms with Crippen LogP contribution in [0.5, 0.6) is 0 Å². The SMILES string of the molecule is Cc1cc(-c2ccn(C(C)C)n2)c(C)s1. The monoisotopic (exact) mass is 220 g/mol. The second-order valence-corrected chi connectivity index (χ2v) is 5.56. The molecule has 0 aliphatic heterocycles. The summed E-state index contributed by atoms with van der Waals surface area (Å²) < 4.78 is 2.00. The van der Waals surface area contributed by atoms with Gasteiger partial charge < -0.3 is 0 Å². The molecule has 2 aromatic heterocycles. The van der Waals surface area contributed by atoms with Crippen molar-refractivity contribution in [3.05, 3.63) is 28.1 Å². The number of hydrogen-bond acceptors (Lipinski definition) is 2. The second kappa shape index (κ2) is 3.81. The van der Waals surface area contributed by atoms with Gasteiger partial charge in [-0.05, 0) is 39.8 Å². The first kappa shape index (κ1) is 10.4. The van der Waals surface area contributed by atoms with E-state index in [1.165, 1.54) is 15.3 Å². The Kier molecular flexibility index (Phi) is 2.65. The van der Waals surface area contributed by atoms with Crippen LogP contribution in [0.15, 0.2) is 18.3 Å². The van der Waals surface area contributed by atoms with Gasteiger partial charge in [0.25, 0.3) is 0 Å². The first-order valence-electron chi connectivity index (χ1n) is 5.20. The van der Waals surface area contributed by atoms with Crippen molar-refractivity contribution in [3.63, 3.8) is 0 Å². The zero-order chi connectivity index (χ0) is 11.0. The lowest BCUT2D eigenvalue weighted by atomic mass is 10.2. The van der Waals surface area contributed by atoms with E-state index in [0.717, 1.165) is 5.69 Å². The van der Waals surface area contributed by atoms with E-state index in [1.54, 1.807) is 0 Å². The fourth-order valence-electron chi connectivity index (χ4n) is 1.65. The number of nitrogens with zero attached hydrogens (tertiary/aromatic N) is 2. The largest absolute Gasteiger partial charge is 0.270 e. The molecule has 2 nitrogen and oxygen atoms in total. The average Bonchev–Trinajstić information content (AvgIpc) is 2.71. The Labute approximate surface area is 94.6 Å². The molecule has 0 fully saturated rings. The van der Waals surface area contributed by atoms with E-state index in [1.807, 2.05) is 22.2 Å². The third-order valence-corrected chi connectivity index (χ3v) is 3.42. The normalized spacial score (nSPS) is 11.3. The van der Waals surface area contributed by atoms with Gasteiger partial charge in [-0.15, -0.1) is 11.3 Å². The highest BCUT2D eigenvalue weighted by Gasteiger charge is 2.09. The first-order chi connectivity index (χ1) is 7.08. The number of aryl methyl sites for hydroxylation is 2. The van der Waals surface area contributed by atoms with E-state index in [2.05, 4.69) is 44.9 Å². The van der Waals surface area contributed by atoms with Crippen LogP contribution in [0.25, 0.3) is 11.3 Å². The van der Waals surface area contributed by atoms with E-state index in [9.17, 15) is 0 Å². The predicted molar refractivity (Wildman–Crippen MR) is 65.4 cm³/mol. The fraction of sp³-hybridized carbons (Fsp3) is 0.417. The van der Waals surface area contributed by atoms with Crippen LogP contribution < -0.4 is 0 Å². The zero-order valence-electron chi connectivity index (χ0n) is 9.61. The fourth-order valence-corrected chi connectivity index (χ4v) is 2.59. The minimum atomic E-state index is 0.429. The highest BCUT2D eigenvalue weighted by atomic mass is 32.1. The molecule has 0 spiro atoms. The van der Waals surface area contributed by atoms with Crippen LogP contribution in [0.4, 0.5) is 0 Å². The smallest absolute Gasteiger partial charge is 0.0934 e. The first-order valence-corrected chi connectivity index (χ1v) is 6.02. The maximum absolute atomic E-state index is 4.58. The predicted octanol–water partition coefficient (Wildman–Crippen LogP) is 3.81. The van der Waals surface area contributed by atoms with Crippen molar-refractivity contribution < 1.29 is 0 Å². The van der Waals surface area contributed by atoms with E-state index >= 15 is 0 Å². The number of thiophene rings is 1. The van der Waals surface area contributed by atoms with Gasteiger partial charge in [-0.25, -0.2) is 0 Å². The van der Waals surface area contributed by atoms with E-state index < -0.39 is 0 Å². The minimum absolute atomic E-state index is 0.429. The molecule has 0 bridgehead atoms. The summed E-state index contributed by atoms with van der Waals surface area (Å²) in [5.74, 6) is 0. The molecule has 0 atom stereocenters. The lowest BCUT2D eigenvalue weighted by Gasteiger charge is -2.03. The van der Waals surface area contributed by atoms with Gasteiger partial charge in [-0.3, -0.25) is 4.68 Å². The van der Waals surface area contributed by atoms with Gasteiger partial charge in [0, 0.05) is 27.6 Å². The molecule has 2 rings (SSSR count). The summed E-state index contributed by atoms with van der Waals surface area (Å²) in [6.45, 7) is 8.58. The van der Waals surface area contributed by atoms with Crippen molar-refractivity contribution in [2.24, 2.45) is 0 Å². The summed E-state index contributed by atoms with van der Waals surface area (Å²) in [5, 5.41) is 4.58. The van der Waals surface area contributed by atoms with Gasteiger partial charge in [0.2, 0.25) is 0 Å². The maximum atomic E-state index is 4.58. The molecule has 0 unspecified atom stereocenters. The highest BCUT2D eigenvalue weighted by molar-refractivity contribution is 7.12. The molecular weight excluding hydrogens is 204 g/mol. The Bertz CT molecular complexity index is 466. The molecule has 0 aromatic carbocycles. The standard InChI is InChI=1S/C12H16N2S/c1-8(2)14-6-5-12(13-14)11-7-9(3)15-10(11)4/h5-8H,1-4H3. The van der Waals surface area contributed by atoms with Crippen LogP contribution in [-0.4, -0.2) is 9.78 Å². The van der Waals surface area contributed by atoms with Crippen molar-refractivity contribution in [2.45, 2.75) is 33.7 Å². The molecule has 2 heterocycles. The van der Waals surface area contributed by atoms with Crippen LogP contribution in [0.2, 0.25) is 0 Å². The van der Waals surface area contributed by atoms with Gasteiger partial charge in [0.15, 0.2) is 0 Å². The molecule has 0 amide bonds. The maximum Gasteiger partial charge on any atom is 0.0934 e. The summed E-state index contributed by atoms with van der Waals surface area (Å²) in [6.07, 6.45) is 2.05. The van der Waals surface area contributed by atoms with Crippen molar-refractivity contribution in [2.75, 3.05) is 0 Å². The summed E-state index contributed by atoms with van der Waals surface area (Å²) in [6, 6.07) is 4.74. The van der Waals surface area contributed by atoms with E-state index in [-0.39, 0.29) is 0 Å². The molecular formula is C12H16N2S. The molecule has 0 saturated heterocycles. The quantitative estimate of drug-likeness (QED) is 0.752. The molecule has 80 valence electrons. The Morgan fingerprint density at radius 1 is 1.33 bits per heavy atom. The molecule has 15 heavy (non-hydrogen) atoms. The molecule has 0 radical (unpaired) electrons. The van der Waals surface area contributed by atoms with Crippen LogP contribution in [-0.2, 0) is 0 Å².